The summed E-state index contributed by atoms with van der Waals surface area (Å²) in [5, 5.41) is 25.0. The van der Waals surface area contributed by atoms with Crippen LogP contribution >= 0.6 is 11.3 Å². The molecule has 39 heavy (non-hydrogen) atoms. The average Bonchev–Trinajstić information content (AvgIpc) is 3.24. The van der Waals surface area contributed by atoms with Gasteiger partial charge in [-0.25, -0.2) is 4.79 Å². The quantitative estimate of drug-likeness (QED) is 0.138. The maximum Gasteiger partial charge on any atom is 0.326 e. The van der Waals surface area contributed by atoms with E-state index in [2.05, 4.69) is 10.5 Å². The number of hydrogen-bond acceptors (Lipinski definition) is 7. The van der Waals surface area contributed by atoms with Gasteiger partial charge in [-0.1, -0.05) is 71.9 Å². The Labute approximate surface area is 229 Å². The van der Waals surface area contributed by atoms with Crippen molar-refractivity contribution in [3.05, 3.63) is 99.2 Å². The molecule has 0 aliphatic rings. The van der Waals surface area contributed by atoms with E-state index in [0.29, 0.717) is 30.0 Å². The van der Waals surface area contributed by atoms with E-state index >= 15 is 0 Å². The Bertz CT molecular complexity index is 1530. The van der Waals surface area contributed by atoms with Crippen molar-refractivity contribution < 1.29 is 24.6 Å². The van der Waals surface area contributed by atoms with Crippen molar-refractivity contribution in [3.8, 4) is 5.75 Å². The van der Waals surface area contributed by atoms with Gasteiger partial charge >= 0.3 is 10.8 Å². The Morgan fingerprint density at radius 2 is 1.79 bits per heavy atom. The molecule has 0 spiro atoms. The molecule has 1 amide bonds. The minimum Gasteiger partial charge on any atom is -0.492 e. The van der Waals surface area contributed by atoms with E-state index < -0.39 is 12.0 Å². The molecule has 0 saturated carbocycles. The molecule has 202 valence electrons. The molecule has 0 fully saturated rings. The monoisotopic (exact) mass is 547 g/mol. The van der Waals surface area contributed by atoms with Crippen molar-refractivity contribution in [2.24, 2.45) is 5.16 Å². The minimum absolute atomic E-state index is 0.117. The zero-order valence-electron chi connectivity index (χ0n) is 21.4. The number of benzene rings is 3. The van der Waals surface area contributed by atoms with E-state index in [9.17, 15) is 24.7 Å². The fraction of sp³-hybridized carbons (Fsp3) is 0.241. The number of carboxylic acid groups (broad SMARTS) is 1. The van der Waals surface area contributed by atoms with Gasteiger partial charge < -0.3 is 20.4 Å². The number of oxime groups is 1. The summed E-state index contributed by atoms with van der Waals surface area (Å²) in [5.41, 5.74) is 3.42. The molecule has 1 heterocycles. The third kappa shape index (κ3) is 6.91. The third-order valence-corrected chi connectivity index (χ3v) is 7.09. The van der Waals surface area contributed by atoms with Gasteiger partial charge in [0.05, 0.1) is 16.8 Å². The van der Waals surface area contributed by atoms with Gasteiger partial charge in [-0.15, -0.1) is 0 Å². The highest BCUT2D eigenvalue weighted by molar-refractivity contribution is 7.16. The predicted molar refractivity (Wildman–Crippen MR) is 150 cm³/mol. The Morgan fingerprint density at radius 1 is 1.05 bits per heavy atom. The summed E-state index contributed by atoms with van der Waals surface area (Å²) >= 11 is 1.12. The first-order valence-corrected chi connectivity index (χ1v) is 13.4. The van der Waals surface area contributed by atoms with Crippen LogP contribution in [0.1, 0.15) is 36.5 Å². The highest BCUT2D eigenvalue weighted by Crippen LogP contribution is 2.22. The van der Waals surface area contributed by atoms with Crippen molar-refractivity contribution >= 4 is 39.1 Å². The molecule has 4 rings (SSSR count). The van der Waals surface area contributed by atoms with Gasteiger partial charge in [0.25, 0.3) is 0 Å². The van der Waals surface area contributed by atoms with Gasteiger partial charge in [0.2, 0.25) is 5.91 Å². The predicted octanol–water partition coefficient (Wildman–Crippen LogP) is 4.28. The summed E-state index contributed by atoms with van der Waals surface area (Å²) in [6, 6.07) is 20.8. The van der Waals surface area contributed by atoms with Crippen LogP contribution in [0.15, 0.2) is 82.7 Å². The molecule has 0 saturated heterocycles. The number of rotatable bonds is 12. The second-order valence-corrected chi connectivity index (χ2v) is 9.91. The smallest absolute Gasteiger partial charge is 0.326 e. The van der Waals surface area contributed by atoms with Gasteiger partial charge in [-0.3, -0.25) is 14.2 Å². The lowest BCUT2D eigenvalue weighted by Crippen LogP contribution is -2.42. The summed E-state index contributed by atoms with van der Waals surface area (Å²) in [5.74, 6) is -0.780. The van der Waals surface area contributed by atoms with E-state index in [0.717, 1.165) is 32.7 Å². The number of hydrogen-bond donors (Lipinski definition) is 3. The summed E-state index contributed by atoms with van der Waals surface area (Å²) in [6.45, 7) is 2.45. The molecule has 0 aliphatic carbocycles. The number of carbonyl (C=O) groups excluding carboxylic acids is 1. The molecular weight excluding hydrogens is 518 g/mol. The zero-order valence-corrected chi connectivity index (χ0v) is 22.2. The second-order valence-electron chi connectivity index (χ2n) is 8.92. The maximum absolute atomic E-state index is 12.7. The topological polar surface area (TPSA) is 130 Å². The SMILES string of the molecule is CCCC(=O)N[C@@H](Cc1ccc(OCCn2c(=O)sc3cc(C(=NO)c4ccccc4)ccc32)cc1)C(=O)O. The molecule has 9 nitrogen and oxygen atoms in total. The number of carboxylic acids is 1. The lowest BCUT2D eigenvalue weighted by atomic mass is 10.0. The Hall–Kier alpha value is -4.44. The number of carbonyl (C=O) groups is 2. The summed E-state index contributed by atoms with van der Waals surface area (Å²) in [4.78, 5) is 35.9. The number of aromatic nitrogens is 1. The van der Waals surface area contributed by atoms with E-state index in [1.807, 2.05) is 55.5 Å². The highest BCUT2D eigenvalue weighted by Gasteiger charge is 2.20. The van der Waals surface area contributed by atoms with Gasteiger partial charge in [0.1, 0.15) is 24.1 Å². The van der Waals surface area contributed by atoms with E-state index in [1.165, 1.54) is 0 Å². The number of amides is 1. The molecule has 1 atom stereocenters. The van der Waals surface area contributed by atoms with Crippen molar-refractivity contribution in [2.45, 2.75) is 38.8 Å². The third-order valence-electron chi connectivity index (χ3n) is 6.15. The van der Waals surface area contributed by atoms with Gasteiger partial charge in [0.15, 0.2) is 0 Å². The Morgan fingerprint density at radius 3 is 2.46 bits per heavy atom. The molecule has 10 heteroatoms. The number of ether oxygens (including phenoxy) is 1. The molecule has 0 radical (unpaired) electrons. The first-order chi connectivity index (χ1) is 18.9. The minimum atomic E-state index is -1.08. The van der Waals surface area contributed by atoms with Crippen LogP contribution in [0.25, 0.3) is 10.2 Å². The van der Waals surface area contributed by atoms with Crippen LogP contribution in [-0.2, 0) is 22.6 Å². The van der Waals surface area contributed by atoms with Crippen LogP contribution < -0.4 is 14.9 Å². The number of aliphatic carboxylic acids is 1. The fourth-order valence-corrected chi connectivity index (χ4v) is 5.17. The fourth-order valence-electron chi connectivity index (χ4n) is 4.21. The van der Waals surface area contributed by atoms with Crippen molar-refractivity contribution in [1.82, 2.24) is 9.88 Å². The average molecular weight is 548 g/mol. The molecule has 4 aromatic rings. The largest absolute Gasteiger partial charge is 0.492 e. The van der Waals surface area contributed by atoms with E-state index in [4.69, 9.17) is 4.74 Å². The first-order valence-electron chi connectivity index (χ1n) is 12.5. The molecule has 0 unspecified atom stereocenters. The highest BCUT2D eigenvalue weighted by atomic mass is 32.1. The molecule has 1 aromatic heterocycles. The molecule has 0 bridgehead atoms. The standard InChI is InChI=1S/C29H29N3O6S/c1-2-6-26(33)30-23(28(34)35)17-19-9-12-22(13-10-19)38-16-15-32-24-14-11-21(18-25(24)39-29(32)36)27(31-37)20-7-4-3-5-8-20/h3-5,7-14,18,23,37H,2,6,15-17H2,1H3,(H,30,33)(H,34,35)/t23-/m0/s1. The lowest BCUT2D eigenvalue weighted by molar-refractivity contribution is -0.141. The normalized spacial score (nSPS) is 12.3. The molecule has 3 N–H and O–H groups in total. The zero-order chi connectivity index (χ0) is 27.8. The van der Waals surface area contributed by atoms with Gasteiger partial charge in [0, 0.05) is 24.0 Å². The van der Waals surface area contributed by atoms with Crippen LogP contribution in [0, 0.1) is 0 Å². The molecular formula is C29H29N3O6S. The van der Waals surface area contributed by atoms with E-state index in [1.54, 1.807) is 28.8 Å². The Kier molecular flexibility index (Phi) is 9.11. The molecule has 3 aromatic carbocycles. The summed E-state index contributed by atoms with van der Waals surface area (Å²) in [7, 11) is 0. The number of fused-ring (bicyclic) bond motifs is 1. The van der Waals surface area contributed by atoms with Crippen LogP contribution in [0.5, 0.6) is 5.75 Å². The van der Waals surface area contributed by atoms with Gasteiger partial charge in [-0.2, -0.15) is 0 Å². The van der Waals surface area contributed by atoms with Crippen LogP contribution in [-0.4, -0.2) is 45.1 Å². The van der Waals surface area contributed by atoms with Crippen molar-refractivity contribution in [1.29, 1.82) is 0 Å². The number of nitrogens with one attached hydrogen (secondary N) is 1. The number of nitrogens with zero attached hydrogens (tertiary/aromatic N) is 2. The first kappa shape index (κ1) is 27.6. The van der Waals surface area contributed by atoms with Crippen molar-refractivity contribution in [2.75, 3.05) is 6.61 Å². The van der Waals surface area contributed by atoms with Crippen LogP contribution in [0.4, 0.5) is 0 Å². The van der Waals surface area contributed by atoms with Crippen LogP contribution in [0.3, 0.4) is 0 Å². The lowest BCUT2D eigenvalue weighted by Gasteiger charge is -2.15. The van der Waals surface area contributed by atoms with E-state index in [-0.39, 0.29) is 30.2 Å². The maximum atomic E-state index is 12.7. The Balaban J connectivity index is 1.39. The number of thiazole rings is 1. The van der Waals surface area contributed by atoms with Crippen molar-refractivity contribution in [3.63, 3.8) is 0 Å². The van der Waals surface area contributed by atoms with Gasteiger partial charge in [-0.05, 0) is 36.2 Å². The second kappa shape index (κ2) is 12.9. The van der Waals surface area contributed by atoms with Crippen LogP contribution in [0.2, 0.25) is 0 Å². The summed E-state index contributed by atoms with van der Waals surface area (Å²) < 4.78 is 8.25. The summed E-state index contributed by atoms with van der Waals surface area (Å²) in [6.07, 6.45) is 1.09. The molecule has 0 aliphatic heterocycles.